The second-order valence-electron chi connectivity index (χ2n) is 3.51. The van der Waals surface area contributed by atoms with Crippen molar-refractivity contribution in [1.29, 1.82) is 0 Å². The number of nitrogens with zero attached hydrogens (tertiary/aromatic N) is 2. The Kier molecular flexibility index (Phi) is 2.51. The molecule has 0 aromatic carbocycles. The van der Waals surface area contributed by atoms with E-state index >= 15 is 0 Å². The first-order valence-electron chi connectivity index (χ1n) is 4.71. The molecule has 1 aromatic rings. The summed E-state index contributed by atoms with van der Waals surface area (Å²) in [5, 5.41) is 8.71. The molecule has 2 rings (SSSR count). The molecule has 6 heteroatoms. The van der Waals surface area contributed by atoms with Crippen molar-refractivity contribution in [1.82, 2.24) is 14.9 Å². The van der Waals surface area contributed by atoms with Crippen LogP contribution in [-0.2, 0) is 6.54 Å². The fourth-order valence-electron chi connectivity index (χ4n) is 1.44. The van der Waals surface area contributed by atoms with Gasteiger partial charge in [-0.1, -0.05) is 0 Å². The number of carboxylic acid groups (broad SMARTS) is 1. The van der Waals surface area contributed by atoms with Crippen LogP contribution in [0.1, 0.15) is 22.7 Å². The number of rotatable bonds is 3. The second kappa shape index (κ2) is 3.82. The van der Waals surface area contributed by atoms with Gasteiger partial charge in [0.15, 0.2) is 5.69 Å². The van der Waals surface area contributed by atoms with Gasteiger partial charge in [-0.2, -0.15) is 0 Å². The number of aromatic nitrogens is 2. The Morgan fingerprint density at radius 1 is 1.60 bits per heavy atom. The van der Waals surface area contributed by atoms with Crippen LogP contribution in [0.5, 0.6) is 0 Å². The summed E-state index contributed by atoms with van der Waals surface area (Å²) >= 11 is 0. The van der Waals surface area contributed by atoms with Crippen molar-refractivity contribution in [3.63, 3.8) is 0 Å². The quantitative estimate of drug-likeness (QED) is 0.712. The van der Waals surface area contributed by atoms with Gasteiger partial charge in [0.1, 0.15) is 5.82 Å². The number of hydrogen-bond donors (Lipinski definition) is 2. The van der Waals surface area contributed by atoms with Gasteiger partial charge in [-0.05, 0) is 19.5 Å². The van der Waals surface area contributed by atoms with Gasteiger partial charge >= 0.3 is 5.97 Å². The van der Waals surface area contributed by atoms with Gasteiger partial charge in [0.25, 0.3) is 5.56 Å². The summed E-state index contributed by atoms with van der Waals surface area (Å²) in [5.41, 5.74) is -0.618. The first kappa shape index (κ1) is 9.85. The molecule has 0 amide bonds. The Balaban J connectivity index is 2.22. The zero-order valence-electron chi connectivity index (χ0n) is 8.06. The van der Waals surface area contributed by atoms with Crippen molar-refractivity contribution in [3.8, 4) is 0 Å². The molecule has 0 bridgehead atoms. The maximum Gasteiger partial charge on any atom is 0.354 e. The fraction of sp³-hybridized carbons (Fsp3) is 0.444. The lowest BCUT2D eigenvalue weighted by Crippen LogP contribution is -2.37. The van der Waals surface area contributed by atoms with Crippen molar-refractivity contribution in [2.75, 3.05) is 13.1 Å². The number of likely N-dealkylation sites (tertiary alicyclic amines) is 1. The predicted molar refractivity (Wildman–Crippen MR) is 51.7 cm³/mol. The molecule has 0 spiro atoms. The molecule has 0 atom stereocenters. The molecule has 0 unspecified atom stereocenters. The van der Waals surface area contributed by atoms with E-state index < -0.39 is 11.5 Å². The van der Waals surface area contributed by atoms with E-state index in [0.29, 0.717) is 12.4 Å². The SMILES string of the molecule is O=C(O)c1cc(=O)[nH]c(CN2CCC2)n1. The fourth-order valence-corrected chi connectivity index (χ4v) is 1.44. The summed E-state index contributed by atoms with van der Waals surface area (Å²) in [5.74, 6) is -0.759. The van der Waals surface area contributed by atoms with Crippen LogP contribution in [-0.4, -0.2) is 39.0 Å². The highest BCUT2D eigenvalue weighted by atomic mass is 16.4. The van der Waals surface area contributed by atoms with E-state index in [-0.39, 0.29) is 5.69 Å². The number of carbonyl (C=O) groups is 1. The molecule has 80 valence electrons. The molecule has 0 radical (unpaired) electrons. The zero-order chi connectivity index (χ0) is 10.8. The van der Waals surface area contributed by atoms with Crippen LogP contribution in [0, 0.1) is 0 Å². The lowest BCUT2D eigenvalue weighted by atomic mass is 10.2. The maximum atomic E-state index is 11.1. The average Bonchev–Trinajstić information content (AvgIpc) is 2.10. The van der Waals surface area contributed by atoms with Crippen molar-refractivity contribution >= 4 is 5.97 Å². The summed E-state index contributed by atoms with van der Waals surface area (Å²) in [6.45, 7) is 2.46. The number of carboxylic acids is 1. The summed E-state index contributed by atoms with van der Waals surface area (Å²) in [4.78, 5) is 30.2. The molecule has 1 saturated heterocycles. The molecular formula is C9H11N3O3. The Morgan fingerprint density at radius 2 is 2.33 bits per heavy atom. The number of aromatic amines is 1. The lowest BCUT2D eigenvalue weighted by Gasteiger charge is -2.29. The number of aromatic carboxylic acids is 1. The van der Waals surface area contributed by atoms with E-state index in [0.717, 1.165) is 25.6 Å². The molecular weight excluding hydrogens is 198 g/mol. The van der Waals surface area contributed by atoms with E-state index in [1.54, 1.807) is 0 Å². The second-order valence-corrected chi connectivity index (χ2v) is 3.51. The largest absolute Gasteiger partial charge is 0.477 e. The number of H-pyrrole nitrogens is 1. The highest BCUT2D eigenvalue weighted by molar-refractivity contribution is 5.85. The molecule has 2 heterocycles. The highest BCUT2D eigenvalue weighted by Gasteiger charge is 2.16. The number of hydrogen-bond acceptors (Lipinski definition) is 4. The normalized spacial score (nSPS) is 16.0. The van der Waals surface area contributed by atoms with Gasteiger partial charge < -0.3 is 10.1 Å². The van der Waals surface area contributed by atoms with Crippen LogP contribution in [0.3, 0.4) is 0 Å². The van der Waals surface area contributed by atoms with E-state index in [9.17, 15) is 9.59 Å². The van der Waals surface area contributed by atoms with Crippen molar-refractivity contribution in [2.45, 2.75) is 13.0 Å². The molecule has 2 N–H and O–H groups in total. The van der Waals surface area contributed by atoms with E-state index in [1.165, 1.54) is 0 Å². The average molecular weight is 209 g/mol. The molecule has 1 aliphatic rings. The van der Waals surface area contributed by atoms with Crippen LogP contribution >= 0.6 is 0 Å². The topological polar surface area (TPSA) is 86.3 Å². The first-order valence-corrected chi connectivity index (χ1v) is 4.71. The third-order valence-electron chi connectivity index (χ3n) is 2.33. The molecule has 1 fully saturated rings. The van der Waals surface area contributed by atoms with Gasteiger partial charge in [-0.15, -0.1) is 0 Å². The van der Waals surface area contributed by atoms with Crippen LogP contribution in [0.2, 0.25) is 0 Å². The van der Waals surface area contributed by atoms with Gasteiger partial charge in [0.2, 0.25) is 0 Å². The monoisotopic (exact) mass is 209 g/mol. The summed E-state index contributed by atoms with van der Waals surface area (Å²) in [7, 11) is 0. The van der Waals surface area contributed by atoms with Gasteiger partial charge in [0.05, 0.1) is 6.54 Å². The van der Waals surface area contributed by atoms with E-state index in [4.69, 9.17) is 5.11 Å². The molecule has 1 aromatic heterocycles. The minimum Gasteiger partial charge on any atom is -0.477 e. The molecule has 0 saturated carbocycles. The lowest BCUT2D eigenvalue weighted by molar-refractivity contribution is 0.0689. The zero-order valence-corrected chi connectivity index (χ0v) is 8.06. The molecule has 6 nitrogen and oxygen atoms in total. The van der Waals surface area contributed by atoms with Crippen molar-refractivity contribution < 1.29 is 9.90 Å². The minimum atomic E-state index is -1.18. The summed E-state index contributed by atoms with van der Waals surface area (Å²) in [6, 6.07) is 0.988. The summed E-state index contributed by atoms with van der Waals surface area (Å²) < 4.78 is 0. The first-order chi connectivity index (χ1) is 7.15. The Labute approximate surface area is 85.6 Å². The van der Waals surface area contributed by atoms with Crippen LogP contribution < -0.4 is 5.56 Å². The van der Waals surface area contributed by atoms with Gasteiger partial charge in [0, 0.05) is 6.07 Å². The maximum absolute atomic E-state index is 11.1. The van der Waals surface area contributed by atoms with E-state index in [2.05, 4.69) is 14.9 Å². The van der Waals surface area contributed by atoms with Gasteiger partial charge in [-0.3, -0.25) is 9.69 Å². The standard InChI is InChI=1S/C9H11N3O3/c13-8-4-6(9(14)15)10-7(11-8)5-12-2-1-3-12/h4H,1-3,5H2,(H,14,15)(H,10,11,13). The minimum absolute atomic E-state index is 0.200. The Hall–Kier alpha value is -1.69. The molecule has 0 aliphatic carbocycles. The predicted octanol–water partition coefficient (Wildman–Crippen LogP) is -0.326. The third-order valence-corrected chi connectivity index (χ3v) is 2.33. The molecule has 1 aliphatic heterocycles. The van der Waals surface area contributed by atoms with Crippen LogP contribution in [0.25, 0.3) is 0 Å². The Bertz CT molecular complexity index is 436. The molecule has 15 heavy (non-hydrogen) atoms. The van der Waals surface area contributed by atoms with Crippen molar-refractivity contribution in [3.05, 3.63) is 27.9 Å². The Morgan fingerprint density at radius 3 is 2.87 bits per heavy atom. The van der Waals surface area contributed by atoms with E-state index in [1.807, 2.05) is 0 Å². The highest BCUT2D eigenvalue weighted by Crippen LogP contribution is 2.08. The third kappa shape index (κ3) is 2.21. The number of nitrogens with one attached hydrogen (secondary N) is 1. The van der Waals surface area contributed by atoms with Crippen molar-refractivity contribution in [2.24, 2.45) is 0 Å². The summed E-state index contributed by atoms with van der Waals surface area (Å²) in [6.07, 6.45) is 1.14. The van der Waals surface area contributed by atoms with Crippen LogP contribution in [0.15, 0.2) is 10.9 Å². The van der Waals surface area contributed by atoms with Gasteiger partial charge in [-0.25, -0.2) is 9.78 Å². The smallest absolute Gasteiger partial charge is 0.354 e. The van der Waals surface area contributed by atoms with Crippen LogP contribution in [0.4, 0.5) is 0 Å².